The zero-order chi connectivity index (χ0) is 33.2. The summed E-state index contributed by atoms with van der Waals surface area (Å²) in [5.74, 6) is 1.28. The lowest BCUT2D eigenvalue weighted by atomic mass is 9.86. The van der Waals surface area contributed by atoms with Crippen molar-refractivity contribution >= 4 is 32.9 Å². The number of aliphatic hydroxyl groups excluding tert-OH is 1. The summed E-state index contributed by atoms with van der Waals surface area (Å²) in [6.45, 7) is 15.9. The van der Waals surface area contributed by atoms with Crippen LogP contribution in [0.5, 0.6) is 5.75 Å². The summed E-state index contributed by atoms with van der Waals surface area (Å²) in [5, 5.41) is 14.2. The van der Waals surface area contributed by atoms with Crippen molar-refractivity contribution < 1.29 is 23.4 Å². The van der Waals surface area contributed by atoms with Crippen LogP contribution in [0.1, 0.15) is 54.0 Å². The van der Waals surface area contributed by atoms with Gasteiger partial charge in [0, 0.05) is 5.56 Å². The fourth-order valence-electron chi connectivity index (χ4n) is 7.37. The SMILES string of the molecule is CC[Si](CC)(CC)O[C@H]1C(CO[Si](c2ccccc2)(c2ccccc2)C(C)(C)C)=C[C@@H](O)[C@]12N=C(c1ccc(OC)cc1)O[C@H]2C. The number of aliphatic hydroxyl groups is 1. The topological polar surface area (TPSA) is 69.5 Å². The largest absolute Gasteiger partial charge is 0.497 e. The second-order valence-electron chi connectivity index (χ2n) is 13.7. The summed E-state index contributed by atoms with van der Waals surface area (Å²) in [4.78, 5) is 5.24. The van der Waals surface area contributed by atoms with Gasteiger partial charge in [-0.25, -0.2) is 4.99 Å². The third-order valence-corrected chi connectivity index (χ3v) is 19.9. The highest BCUT2D eigenvalue weighted by Gasteiger charge is 2.61. The van der Waals surface area contributed by atoms with Crippen molar-refractivity contribution in [3.63, 3.8) is 0 Å². The van der Waals surface area contributed by atoms with Gasteiger partial charge >= 0.3 is 0 Å². The van der Waals surface area contributed by atoms with Crippen molar-refractivity contribution in [1.82, 2.24) is 0 Å². The summed E-state index contributed by atoms with van der Waals surface area (Å²) >= 11 is 0. The molecule has 1 N–H and O–H groups in total. The minimum atomic E-state index is -2.84. The highest BCUT2D eigenvalue weighted by molar-refractivity contribution is 6.99. The van der Waals surface area contributed by atoms with Crippen LogP contribution in [0.4, 0.5) is 0 Å². The predicted octanol–water partition coefficient (Wildman–Crippen LogP) is 6.87. The Hall–Kier alpha value is -3.02. The van der Waals surface area contributed by atoms with E-state index in [9.17, 15) is 5.11 Å². The average Bonchev–Trinajstić information content (AvgIpc) is 3.56. The first-order chi connectivity index (χ1) is 22.0. The Bertz CT molecular complexity index is 1470. The molecule has 0 aromatic heterocycles. The maximum absolute atomic E-state index is 12.0. The number of methoxy groups -OCH3 is 1. The Balaban J connectivity index is 1.60. The van der Waals surface area contributed by atoms with Crippen LogP contribution in [0, 0.1) is 0 Å². The van der Waals surface area contributed by atoms with Gasteiger partial charge in [-0.2, -0.15) is 0 Å². The fourth-order valence-corrected chi connectivity index (χ4v) is 14.8. The molecule has 0 radical (unpaired) electrons. The van der Waals surface area contributed by atoms with Gasteiger partial charge in [-0.1, -0.05) is 102 Å². The van der Waals surface area contributed by atoms with Crippen molar-refractivity contribution in [1.29, 1.82) is 0 Å². The van der Waals surface area contributed by atoms with Crippen molar-refractivity contribution in [3.8, 4) is 5.75 Å². The quantitative estimate of drug-likeness (QED) is 0.170. The van der Waals surface area contributed by atoms with E-state index >= 15 is 0 Å². The van der Waals surface area contributed by atoms with E-state index in [0.29, 0.717) is 12.5 Å². The van der Waals surface area contributed by atoms with E-state index in [2.05, 4.69) is 102 Å². The summed E-state index contributed by atoms with van der Waals surface area (Å²) in [6.07, 6.45) is 0.169. The van der Waals surface area contributed by atoms with Crippen molar-refractivity contribution in [2.75, 3.05) is 13.7 Å². The van der Waals surface area contributed by atoms with Gasteiger partial charge in [0.15, 0.2) is 13.9 Å². The van der Waals surface area contributed by atoms with Gasteiger partial charge in [0.25, 0.3) is 8.32 Å². The fraction of sp³-hybridized carbons (Fsp3) is 0.447. The van der Waals surface area contributed by atoms with Crippen LogP contribution in [-0.2, 0) is 13.6 Å². The Morgan fingerprint density at radius 2 is 1.39 bits per heavy atom. The van der Waals surface area contributed by atoms with E-state index in [-0.39, 0.29) is 5.04 Å². The standard InChI is InChI=1S/C38H51NO5Si2/c1-9-45(10-2,11-3)44-35-30(26-34(40)38(35)28(4)43-36(39-38)29-22-24-31(41-8)25-23-29)27-42-46(37(5,6)7,32-18-14-12-15-19-32)33-20-16-13-17-21-33/h12-26,28,34-35,40H,9-11,27H2,1-8H3/t28-,34+,35-,38-/m0/s1. The zero-order valence-electron chi connectivity index (χ0n) is 28.7. The summed E-state index contributed by atoms with van der Waals surface area (Å²) in [7, 11) is -3.36. The first-order valence-corrected chi connectivity index (χ1v) is 21.2. The molecule has 0 unspecified atom stereocenters. The van der Waals surface area contributed by atoms with E-state index in [1.54, 1.807) is 7.11 Å². The molecule has 1 heterocycles. The first-order valence-electron chi connectivity index (χ1n) is 16.7. The number of ether oxygens (including phenoxy) is 2. The second kappa shape index (κ2) is 13.6. The van der Waals surface area contributed by atoms with E-state index in [1.807, 2.05) is 37.3 Å². The molecular formula is C38H51NO5Si2. The highest BCUT2D eigenvalue weighted by Crippen LogP contribution is 2.47. The maximum Gasteiger partial charge on any atom is 0.261 e. The normalized spacial score (nSPS) is 23.3. The number of aliphatic imine (C=N–C) groups is 1. The second-order valence-corrected chi connectivity index (χ2v) is 22.7. The predicted molar refractivity (Wildman–Crippen MR) is 193 cm³/mol. The molecule has 0 amide bonds. The lowest BCUT2D eigenvalue weighted by molar-refractivity contribution is 0.00278. The highest BCUT2D eigenvalue weighted by atomic mass is 28.4. The van der Waals surface area contributed by atoms with Gasteiger partial charge in [0.2, 0.25) is 5.90 Å². The molecule has 0 bridgehead atoms. The van der Waals surface area contributed by atoms with E-state index in [1.165, 1.54) is 10.4 Å². The Labute approximate surface area is 277 Å². The van der Waals surface area contributed by atoms with E-state index in [0.717, 1.165) is 35.0 Å². The molecule has 8 heteroatoms. The lowest BCUT2D eigenvalue weighted by Gasteiger charge is -2.44. The minimum absolute atomic E-state index is 0.181. The maximum atomic E-state index is 12.0. The van der Waals surface area contributed by atoms with Gasteiger partial charge in [0.1, 0.15) is 24.1 Å². The Morgan fingerprint density at radius 3 is 1.87 bits per heavy atom. The minimum Gasteiger partial charge on any atom is -0.497 e. The summed E-state index contributed by atoms with van der Waals surface area (Å²) < 4.78 is 26.6. The van der Waals surface area contributed by atoms with Crippen LogP contribution in [0.25, 0.3) is 0 Å². The summed E-state index contributed by atoms with van der Waals surface area (Å²) in [5.41, 5.74) is 0.775. The van der Waals surface area contributed by atoms with Gasteiger partial charge in [-0.05, 0) is 76.4 Å². The first kappa shape index (κ1) is 34.3. The van der Waals surface area contributed by atoms with Crippen LogP contribution < -0.4 is 15.1 Å². The number of hydrogen-bond acceptors (Lipinski definition) is 6. The Kier molecular flexibility index (Phi) is 10.2. The molecule has 2 aliphatic rings. The van der Waals surface area contributed by atoms with Crippen LogP contribution in [0.3, 0.4) is 0 Å². The number of benzene rings is 3. The van der Waals surface area contributed by atoms with Crippen LogP contribution in [0.2, 0.25) is 23.2 Å². The molecule has 3 aromatic rings. The van der Waals surface area contributed by atoms with Crippen LogP contribution in [0.15, 0.2) is 102 Å². The molecular weight excluding hydrogens is 607 g/mol. The monoisotopic (exact) mass is 657 g/mol. The molecule has 1 aliphatic heterocycles. The molecule has 5 rings (SSSR count). The summed E-state index contributed by atoms with van der Waals surface area (Å²) in [6, 6.07) is 32.0. The van der Waals surface area contributed by atoms with Gasteiger partial charge < -0.3 is 23.4 Å². The molecule has 0 saturated heterocycles. The molecule has 1 spiro atoms. The van der Waals surface area contributed by atoms with E-state index in [4.69, 9.17) is 23.3 Å². The van der Waals surface area contributed by atoms with Crippen LogP contribution >= 0.6 is 0 Å². The molecule has 4 atom stereocenters. The third-order valence-electron chi connectivity index (χ3n) is 10.3. The molecule has 6 nitrogen and oxygen atoms in total. The van der Waals surface area contributed by atoms with E-state index < -0.39 is 40.5 Å². The smallest absolute Gasteiger partial charge is 0.261 e. The van der Waals surface area contributed by atoms with Crippen molar-refractivity contribution in [3.05, 3.63) is 102 Å². The number of rotatable bonds is 12. The van der Waals surface area contributed by atoms with Crippen molar-refractivity contribution in [2.24, 2.45) is 4.99 Å². The lowest BCUT2D eigenvalue weighted by Crippen LogP contribution is -2.67. The molecule has 246 valence electrons. The third kappa shape index (κ3) is 5.94. The Morgan fingerprint density at radius 1 is 0.848 bits per heavy atom. The number of hydrogen-bond donors (Lipinski definition) is 1. The van der Waals surface area contributed by atoms with Gasteiger partial charge in [0.05, 0.1) is 13.7 Å². The number of nitrogens with zero attached hydrogens (tertiary/aromatic N) is 1. The zero-order valence-corrected chi connectivity index (χ0v) is 30.7. The average molecular weight is 658 g/mol. The van der Waals surface area contributed by atoms with Gasteiger partial charge in [-0.15, -0.1) is 0 Å². The van der Waals surface area contributed by atoms with Crippen molar-refractivity contribution in [2.45, 2.75) is 95.5 Å². The van der Waals surface area contributed by atoms with Gasteiger partial charge in [-0.3, -0.25) is 0 Å². The molecule has 0 saturated carbocycles. The molecule has 3 aromatic carbocycles. The molecule has 1 aliphatic carbocycles. The van der Waals surface area contributed by atoms with Crippen LogP contribution in [-0.4, -0.2) is 65.2 Å². The molecule has 0 fully saturated rings. The molecule has 46 heavy (non-hydrogen) atoms.